The first kappa shape index (κ1) is 16.3. The summed E-state index contributed by atoms with van der Waals surface area (Å²) < 4.78 is 10.3. The van der Waals surface area contributed by atoms with Crippen LogP contribution in [0.1, 0.15) is 16.8 Å². The van der Waals surface area contributed by atoms with Gasteiger partial charge in [-0.15, -0.1) is 0 Å². The van der Waals surface area contributed by atoms with Gasteiger partial charge in [-0.3, -0.25) is 14.4 Å². The molecule has 0 bridgehead atoms. The molecule has 1 aliphatic rings. The second kappa shape index (κ2) is 8.35. The van der Waals surface area contributed by atoms with E-state index in [1.807, 2.05) is 0 Å². The van der Waals surface area contributed by atoms with E-state index < -0.39 is 0 Å². The van der Waals surface area contributed by atoms with Crippen molar-refractivity contribution in [3.05, 3.63) is 29.8 Å². The Balaban J connectivity index is 1.83. The van der Waals surface area contributed by atoms with Crippen LogP contribution in [0.3, 0.4) is 0 Å². The van der Waals surface area contributed by atoms with E-state index in [1.54, 1.807) is 31.4 Å². The van der Waals surface area contributed by atoms with Gasteiger partial charge >= 0.3 is 0 Å². The van der Waals surface area contributed by atoms with Crippen LogP contribution in [0.2, 0.25) is 0 Å². The number of nitrogens with zero attached hydrogens (tertiary/aromatic N) is 1. The van der Waals surface area contributed by atoms with Gasteiger partial charge in [-0.2, -0.15) is 0 Å². The van der Waals surface area contributed by atoms with Gasteiger partial charge in [0, 0.05) is 12.7 Å². The number of methoxy groups -OCH3 is 1. The number of carbonyl (C=O) groups excluding carboxylic acids is 2. The number of amides is 2. The lowest BCUT2D eigenvalue weighted by molar-refractivity contribution is -0.167. The number of rotatable bonds is 7. The highest BCUT2D eigenvalue weighted by atomic mass is 16.7. The van der Waals surface area contributed by atoms with Crippen LogP contribution in [-0.4, -0.2) is 56.9 Å². The summed E-state index contributed by atoms with van der Waals surface area (Å²) >= 11 is 0. The van der Waals surface area contributed by atoms with Gasteiger partial charge in [0.25, 0.3) is 11.8 Å². The number of hydrogen-bond acceptors (Lipinski definition) is 5. The van der Waals surface area contributed by atoms with Gasteiger partial charge in [-0.1, -0.05) is 6.07 Å². The predicted octanol–water partition coefficient (Wildman–Crippen LogP) is 0.605. The van der Waals surface area contributed by atoms with Crippen molar-refractivity contribution < 1.29 is 23.9 Å². The molecule has 0 aromatic heterocycles. The number of hydroxylamine groups is 2. The van der Waals surface area contributed by atoms with E-state index in [2.05, 4.69) is 5.32 Å². The Bertz CT molecular complexity index is 514. The van der Waals surface area contributed by atoms with E-state index in [9.17, 15) is 9.59 Å². The molecule has 1 fully saturated rings. The summed E-state index contributed by atoms with van der Waals surface area (Å²) in [6.45, 7) is 1.90. The Labute approximate surface area is 129 Å². The van der Waals surface area contributed by atoms with Gasteiger partial charge in [-0.25, -0.2) is 5.06 Å². The van der Waals surface area contributed by atoms with Gasteiger partial charge in [-0.05, 0) is 24.6 Å². The Morgan fingerprint density at radius 1 is 1.36 bits per heavy atom. The molecule has 0 saturated carbocycles. The molecule has 22 heavy (non-hydrogen) atoms. The van der Waals surface area contributed by atoms with Crippen LogP contribution in [0.15, 0.2) is 24.3 Å². The summed E-state index contributed by atoms with van der Waals surface area (Å²) in [5, 5.41) is 3.86. The van der Waals surface area contributed by atoms with Gasteiger partial charge < -0.3 is 14.8 Å². The number of ether oxygens (including phenoxy) is 2. The summed E-state index contributed by atoms with van der Waals surface area (Å²) in [6.07, 6.45) is 0.820. The van der Waals surface area contributed by atoms with E-state index in [-0.39, 0.29) is 18.4 Å². The van der Waals surface area contributed by atoms with Gasteiger partial charge in [0.2, 0.25) is 0 Å². The zero-order valence-electron chi connectivity index (χ0n) is 12.5. The van der Waals surface area contributed by atoms with Crippen molar-refractivity contribution in [2.24, 2.45) is 0 Å². The molecular formula is C15H20N2O5. The van der Waals surface area contributed by atoms with Crippen molar-refractivity contribution in [3.8, 4) is 5.75 Å². The van der Waals surface area contributed by atoms with E-state index in [1.165, 1.54) is 5.06 Å². The molecule has 0 radical (unpaired) electrons. The Kier molecular flexibility index (Phi) is 6.17. The Morgan fingerprint density at radius 3 is 2.95 bits per heavy atom. The summed E-state index contributed by atoms with van der Waals surface area (Å²) in [4.78, 5) is 28.9. The lowest BCUT2D eigenvalue weighted by atomic mass is 10.2. The summed E-state index contributed by atoms with van der Waals surface area (Å²) in [5.41, 5.74) is 0.435. The molecule has 1 aliphatic heterocycles. The smallest absolute Gasteiger partial charge is 0.265 e. The number of carbonyl (C=O) groups is 2. The van der Waals surface area contributed by atoms with Crippen molar-refractivity contribution in [2.75, 3.05) is 40.0 Å². The first-order valence-corrected chi connectivity index (χ1v) is 7.14. The molecule has 7 heteroatoms. The molecule has 1 heterocycles. The molecule has 1 saturated heterocycles. The monoisotopic (exact) mass is 308 g/mol. The zero-order valence-corrected chi connectivity index (χ0v) is 12.5. The number of benzene rings is 1. The fourth-order valence-electron chi connectivity index (χ4n) is 1.96. The minimum Gasteiger partial charge on any atom is -0.491 e. The van der Waals surface area contributed by atoms with E-state index in [0.717, 1.165) is 6.42 Å². The molecule has 0 aliphatic carbocycles. The fourth-order valence-corrected chi connectivity index (χ4v) is 1.96. The van der Waals surface area contributed by atoms with Crippen molar-refractivity contribution in [3.63, 3.8) is 0 Å². The first-order chi connectivity index (χ1) is 10.7. The first-order valence-electron chi connectivity index (χ1n) is 7.14. The molecular weight excluding hydrogens is 288 g/mol. The second-order valence-corrected chi connectivity index (χ2v) is 4.73. The van der Waals surface area contributed by atoms with Crippen molar-refractivity contribution in [1.29, 1.82) is 0 Å². The normalized spacial score (nSPS) is 14.0. The standard InChI is InChI=1S/C15H20N2O5/c1-20-8-9-21-13-5-2-4-12(10-13)15(19)16-11-14(18)17-6-3-7-22-17/h2,4-5,10H,3,6-9,11H2,1H3,(H,16,19). The minimum absolute atomic E-state index is 0.0897. The van der Waals surface area contributed by atoms with Crippen LogP contribution in [0, 0.1) is 0 Å². The summed E-state index contributed by atoms with van der Waals surface area (Å²) in [7, 11) is 1.59. The van der Waals surface area contributed by atoms with E-state index in [4.69, 9.17) is 14.3 Å². The second-order valence-electron chi connectivity index (χ2n) is 4.73. The molecule has 7 nitrogen and oxygen atoms in total. The lowest BCUT2D eigenvalue weighted by Gasteiger charge is -2.14. The van der Waals surface area contributed by atoms with Crippen LogP contribution >= 0.6 is 0 Å². The van der Waals surface area contributed by atoms with Gasteiger partial charge in [0.05, 0.1) is 26.3 Å². The van der Waals surface area contributed by atoms with Crippen LogP contribution < -0.4 is 10.1 Å². The molecule has 0 unspecified atom stereocenters. The van der Waals surface area contributed by atoms with Crippen molar-refractivity contribution >= 4 is 11.8 Å². The number of hydrogen-bond donors (Lipinski definition) is 1. The molecule has 0 atom stereocenters. The molecule has 2 rings (SSSR count). The third-order valence-corrected chi connectivity index (χ3v) is 3.08. The third-order valence-electron chi connectivity index (χ3n) is 3.08. The van der Waals surface area contributed by atoms with Crippen LogP contribution in [-0.2, 0) is 14.4 Å². The summed E-state index contributed by atoms with van der Waals surface area (Å²) in [5.74, 6) is 0.00184. The largest absolute Gasteiger partial charge is 0.491 e. The maximum atomic E-state index is 12.0. The van der Waals surface area contributed by atoms with Crippen LogP contribution in [0.25, 0.3) is 0 Å². The highest BCUT2D eigenvalue weighted by Crippen LogP contribution is 2.13. The number of nitrogens with one attached hydrogen (secondary N) is 1. The molecule has 120 valence electrons. The molecule has 1 N–H and O–H groups in total. The topological polar surface area (TPSA) is 77.1 Å². The average molecular weight is 308 g/mol. The van der Waals surface area contributed by atoms with Crippen LogP contribution in [0.5, 0.6) is 5.75 Å². The quantitative estimate of drug-likeness (QED) is 0.747. The van der Waals surface area contributed by atoms with Gasteiger partial charge in [0.15, 0.2) is 0 Å². The SMILES string of the molecule is COCCOc1cccc(C(=O)NCC(=O)N2CCCO2)c1. The molecule has 1 aromatic carbocycles. The zero-order chi connectivity index (χ0) is 15.8. The Morgan fingerprint density at radius 2 is 2.23 bits per heavy atom. The highest BCUT2D eigenvalue weighted by Gasteiger charge is 2.19. The predicted molar refractivity (Wildman–Crippen MR) is 78.4 cm³/mol. The summed E-state index contributed by atoms with van der Waals surface area (Å²) in [6, 6.07) is 6.77. The van der Waals surface area contributed by atoms with E-state index >= 15 is 0 Å². The van der Waals surface area contributed by atoms with E-state index in [0.29, 0.717) is 37.7 Å². The third kappa shape index (κ3) is 4.71. The molecule has 1 aromatic rings. The molecule has 0 spiro atoms. The highest BCUT2D eigenvalue weighted by molar-refractivity contribution is 5.96. The average Bonchev–Trinajstić information content (AvgIpc) is 3.07. The molecule has 2 amide bonds. The maximum absolute atomic E-state index is 12.0. The van der Waals surface area contributed by atoms with Crippen molar-refractivity contribution in [1.82, 2.24) is 10.4 Å². The van der Waals surface area contributed by atoms with Gasteiger partial charge in [0.1, 0.15) is 12.4 Å². The maximum Gasteiger partial charge on any atom is 0.265 e. The van der Waals surface area contributed by atoms with Crippen LogP contribution in [0.4, 0.5) is 0 Å². The minimum atomic E-state index is -0.329. The fraction of sp³-hybridized carbons (Fsp3) is 0.467. The lowest BCUT2D eigenvalue weighted by Crippen LogP contribution is -2.38. The van der Waals surface area contributed by atoms with Crippen molar-refractivity contribution in [2.45, 2.75) is 6.42 Å². The Hall–Kier alpha value is -2.12.